The van der Waals surface area contributed by atoms with Crippen LogP contribution in [0.1, 0.15) is 24.8 Å². The topological polar surface area (TPSA) is 28.2 Å². The van der Waals surface area contributed by atoms with Gasteiger partial charge in [0.1, 0.15) is 0 Å². The average molecular weight is 233 g/mol. The second-order valence-corrected chi connectivity index (χ2v) is 5.23. The third-order valence-electron chi connectivity index (χ3n) is 3.94. The smallest absolute Gasteiger partial charge is 0.0309 e. The molecule has 0 bridgehead atoms. The second-order valence-electron chi connectivity index (χ2n) is 5.23. The summed E-state index contributed by atoms with van der Waals surface area (Å²) in [5, 5.41) is 3.56. The highest BCUT2D eigenvalue weighted by atomic mass is 15.2. The third-order valence-corrected chi connectivity index (χ3v) is 3.94. The SMILES string of the molecule is CNC1(CCc2ccncc2)CCCN(C)C1. The van der Waals surface area contributed by atoms with E-state index in [0.29, 0.717) is 5.54 Å². The first-order chi connectivity index (χ1) is 8.24. The molecule has 1 saturated heterocycles. The quantitative estimate of drug-likeness (QED) is 0.858. The molecule has 1 aromatic heterocycles. The first-order valence-electron chi connectivity index (χ1n) is 6.50. The molecule has 94 valence electrons. The molecular weight excluding hydrogens is 210 g/mol. The lowest BCUT2D eigenvalue weighted by Crippen LogP contribution is -2.55. The van der Waals surface area contributed by atoms with Crippen LogP contribution in [0.25, 0.3) is 0 Å². The molecule has 1 unspecified atom stereocenters. The zero-order valence-corrected chi connectivity index (χ0v) is 10.9. The van der Waals surface area contributed by atoms with E-state index in [-0.39, 0.29) is 0 Å². The number of piperidine rings is 1. The minimum atomic E-state index is 0.302. The summed E-state index contributed by atoms with van der Waals surface area (Å²) < 4.78 is 0. The number of hydrogen-bond donors (Lipinski definition) is 1. The van der Waals surface area contributed by atoms with E-state index in [1.54, 1.807) is 0 Å². The number of aryl methyl sites for hydroxylation is 1. The fourth-order valence-electron chi connectivity index (χ4n) is 2.83. The summed E-state index contributed by atoms with van der Waals surface area (Å²) in [5.41, 5.74) is 1.69. The maximum Gasteiger partial charge on any atom is 0.0309 e. The number of pyridine rings is 1. The number of nitrogens with zero attached hydrogens (tertiary/aromatic N) is 2. The Bertz CT molecular complexity index is 339. The number of rotatable bonds is 4. The molecule has 2 rings (SSSR count). The lowest BCUT2D eigenvalue weighted by molar-refractivity contribution is 0.143. The molecule has 1 atom stereocenters. The number of hydrogen-bond acceptors (Lipinski definition) is 3. The van der Waals surface area contributed by atoms with Gasteiger partial charge in [-0.05, 0) is 64.0 Å². The van der Waals surface area contributed by atoms with Crippen molar-refractivity contribution in [2.24, 2.45) is 0 Å². The zero-order valence-electron chi connectivity index (χ0n) is 10.9. The van der Waals surface area contributed by atoms with Crippen molar-refractivity contribution in [2.45, 2.75) is 31.2 Å². The molecule has 0 amide bonds. The van der Waals surface area contributed by atoms with Crippen molar-refractivity contribution >= 4 is 0 Å². The molecule has 3 nitrogen and oxygen atoms in total. The van der Waals surface area contributed by atoms with Gasteiger partial charge in [0.25, 0.3) is 0 Å². The minimum Gasteiger partial charge on any atom is -0.313 e. The monoisotopic (exact) mass is 233 g/mol. The van der Waals surface area contributed by atoms with Crippen LogP contribution in [-0.2, 0) is 6.42 Å². The molecule has 0 aliphatic carbocycles. The second kappa shape index (κ2) is 5.61. The van der Waals surface area contributed by atoms with Gasteiger partial charge in [-0.3, -0.25) is 4.98 Å². The first kappa shape index (κ1) is 12.5. The summed E-state index contributed by atoms with van der Waals surface area (Å²) in [6, 6.07) is 4.24. The molecule has 17 heavy (non-hydrogen) atoms. The fraction of sp³-hybridized carbons (Fsp3) is 0.643. The number of likely N-dealkylation sites (N-methyl/N-ethyl adjacent to an activating group) is 2. The van der Waals surface area contributed by atoms with Gasteiger partial charge in [0, 0.05) is 24.5 Å². The van der Waals surface area contributed by atoms with Crippen LogP contribution in [0.2, 0.25) is 0 Å². The van der Waals surface area contributed by atoms with E-state index in [4.69, 9.17) is 0 Å². The summed E-state index contributed by atoms with van der Waals surface area (Å²) in [6.45, 7) is 2.40. The maximum absolute atomic E-state index is 4.07. The Morgan fingerprint density at radius 1 is 1.41 bits per heavy atom. The molecule has 0 radical (unpaired) electrons. The van der Waals surface area contributed by atoms with Crippen molar-refractivity contribution in [3.8, 4) is 0 Å². The highest BCUT2D eigenvalue weighted by Gasteiger charge is 2.31. The summed E-state index contributed by atoms with van der Waals surface area (Å²) >= 11 is 0. The predicted octanol–water partition coefficient (Wildman–Crippen LogP) is 1.70. The van der Waals surface area contributed by atoms with Crippen molar-refractivity contribution < 1.29 is 0 Å². The Morgan fingerprint density at radius 2 is 2.18 bits per heavy atom. The number of aromatic nitrogens is 1. The normalized spacial score (nSPS) is 26.0. The van der Waals surface area contributed by atoms with Crippen LogP contribution in [-0.4, -0.2) is 42.6 Å². The van der Waals surface area contributed by atoms with Gasteiger partial charge < -0.3 is 10.2 Å². The number of likely N-dealkylation sites (tertiary alicyclic amines) is 1. The van der Waals surface area contributed by atoms with Crippen LogP contribution in [0.5, 0.6) is 0 Å². The van der Waals surface area contributed by atoms with E-state index in [2.05, 4.69) is 41.4 Å². The van der Waals surface area contributed by atoms with E-state index in [1.165, 1.54) is 31.4 Å². The van der Waals surface area contributed by atoms with E-state index in [0.717, 1.165) is 13.0 Å². The predicted molar refractivity (Wildman–Crippen MR) is 71.1 cm³/mol. The molecule has 0 saturated carbocycles. The zero-order chi connectivity index (χ0) is 12.1. The Morgan fingerprint density at radius 3 is 2.82 bits per heavy atom. The van der Waals surface area contributed by atoms with Crippen LogP contribution in [0.4, 0.5) is 0 Å². The van der Waals surface area contributed by atoms with E-state index in [9.17, 15) is 0 Å². The Hall–Kier alpha value is -0.930. The highest BCUT2D eigenvalue weighted by Crippen LogP contribution is 2.25. The largest absolute Gasteiger partial charge is 0.313 e. The van der Waals surface area contributed by atoms with Gasteiger partial charge in [0.15, 0.2) is 0 Å². The van der Waals surface area contributed by atoms with Crippen LogP contribution in [0.15, 0.2) is 24.5 Å². The molecule has 2 heterocycles. The van der Waals surface area contributed by atoms with Crippen LogP contribution in [0.3, 0.4) is 0 Å². The molecule has 1 fully saturated rings. The Labute approximate surface area is 104 Å². The van der Waals surface area contributed by atoms with Crippen molar-refractivity contribution in [1.82, 2.24) is 15.2 Å². The average Bonchev–Trinajstić information content (AvgIpc) is 2.38. The van der Waals surface area contributed by atoms with Crippen LogP contribution < -0.4 is 5.32 Å². The van der Waals surface area contributed by atoms with Crippen molar-refractivity contribution in [3.05, 3.63) is 30.1 Å². The van der Waals surface area contributed by atoms with Gasteiger partial charge in [0.2, 0.25) is 0 Å². The lowest BCUT2D eigenvalue weighted by Gasteiger charge is -2.41. The molecule has 0 aromatic carbocycles. The van der Waals surface area contributed by atoms with Gasteiger partial charge in [-0.15, -0.1) is 0 Å². The van der Waals surface area contributed by atoms with Crippen LogP contribution >= 0.6 is 0 Å². The van der Waals surface area contributed by atoms with Crippen LogP contribution in [0, 0.1) is 0 Å². The van der Waals surface area contributed by atoms with Gasteiger partial charge in [-0.25, -0.2) is 0 Å². The summed E-state index contributed by atoms with van der Waals surface area (Å²) in [5.74, 6) is 0. The van der Waals surface area contributed by atoms with E-state index >= 15 is 0 Å². The number of nitrogens with one attached hydrogen (secondary N) is 1. The third kappa shape index (κ3) is 3.27. The van der Waals surface area contributed by atoms with Crippen molar-refractivity contribution in [2.75, 3.05) is 27.2 Å². The summed E-state index contributed by atoms with van der Waals surface area (Å²) in [4.78, 5) is 6.50. The summed E-state index contributed by atoms with van der Waals surface area (Å²) in [6.07, 6.45) is 8.70. The fourth-order valence-corrected chi connectivity index (χ4v) is 2.83. The van der Waals surface area contributed by atoms with Crippen molar-refractivity contribution in [3.63, 3.8) is 0 Å². The minimum absolute atomic E-state index is 0.302. The summed E-state index contributed by atoms with van der Waals surface area (Å²) in [7, 11) is 4.32. The molecule has 1 N–H and O–H groups in total. The van der Waals surface area contributed by atoms with E-state index in [1.807, 2.05) is 12.4 Å². The van der Waals surface area contributed by atoms with Crippen molar-refractivity contribution in [1.29, 1.82) is 0 Å². The molecule has 1 aliphatic rings. The highest BCUT2D eigenvalue weighted by molar-refractivity contribution is 5.11. The van der Waals surface area contributed by atoms with Gasteiger partial charge in [0.05, 0.1) is 0 Å². The van der Waals surface area contributed by atoms with Gasteiger partial charge >= 0.3 is 0 Å². The first-order valence-corrected chi connectivity index (χ1v) is 6.50. The standard InChI is InChI=1S/C14H23N3/c1-15-14(7-3-11-17(2)12-14)8-4-13-5-9-16-10-6-13/h5-6,9-10,15H,3-4,7-8,11-12H2,1-2H3. The van der Waals surface area contributed by atoms with Gasteiger partial charge in [-0.1, -0.05) is 0 Å². The molecule has 3 heteroatoms. The lowest BCUT2D eigenvalue weighted by atomic mass is 9.84. The molecule has 1 aromatic rings. The van der Waals surface area contributed by atoms with Gasteiger partial charge in [-0.2, -0.15) is 0 Å². The Balaban J connectivity index is 1.95. The molecule has 0 spiro atoms. The Kier molecular flexibility index (Phi) is 4.13. The molecule has 1 aliphatic heterocycles. The molecular formula is C14H23N3. The van der Waals surface area contributed by atoms with E-state index < -0.39 is 0 Å². The maximum atomic E-state index is 4.07.